The van der Waals surface area contributed by atoms with E-state index in [2.05, 4.69) is 20.5 Å². The third kappa shape index (κ3) is 7.54. The second-order valence-corrected chi connectivity index (χ2v) is 16.6. The van der Waals surface area contributed by atoms with Crippen LogP contribution in [0.25, 0.3) is 21.9 Å². The first-order chi connectivity index (χ1) is 27.7. The number of likely N-dealkylation sites (tertiary alicyclic amines) is 1. The number of alkyl halides is 3. The molecule has 3 fully saturated rings. The zero-order valence-corrected chi connectivity index (χ0v) is 32.6. The number of pyridine rings is 1. The highest BCUT2D eigenvalue weighted by Gasteiger charge is 2.36. The predicted molar refractivity (Wildman–Crippen MR) is 210 cm³/mol. The molecule has 58 heavy (non-hydrogen) atoms. The summed E-state index contributed by atoms with van der Waals surface area (Å²) in [5, 5.41) is 21.7. The lowest BCUT2D eigenvalue weighted by Gasteiger charge is -2.38. The van der Waals surface area contributed by atoms with Crippen LogP contribution in [0.4, 0.5) is 18.9 Å². The van der Waals surface area contributed by atoms with Gasteiger partial charge in [0.05, 0.1) is 28.2 Å². The molecule has 2 saturated heterocycles. The number of hydrogen-bond acceptors (Lipinski definition) is 8. The number of imide groups is 1. The number of benzene rings is 2. The Morgan fingerprint density at radius 1 is 1.03 bits per heavy atom. The van der Waals surface area contributed by atoms with Crippen LogP contribution in [0.3, 0.4) is 0 Å². The molecule has 3 aromatic heterocycles. The quantitative estimate of drug-likeness (QED) is 0.153. The SMILES string of the molecule is Cn1c(=O)n(C2CCC(=O)NC2=O)c2cccc([C@@H]3CCN(C[C@H]4CC[C@H](n5cc6cc(NC(=O)c7cccc(C(F)F)n7)c(C(C)(C)O)cc6n5)CC4)C[C@H]3F)c21. The van der Waals surface area contributed by atoms with Gasteiger partial charge in [0, 0.05) is 55.3 Å². The lowest BCUT2D eigenvalue weighted by Crippen LogP contribution is -2.44. The van der Waals surface area contributed by atoms with E-state index < -0.39 is 47.7 Å². The number of halogens is 3. The van der Waals surface area contributed by atoms with E-state index in [0.29, 0.717) is 46.7 Å². The average Bonchev–Trinajstić information content (AvgIpc) is 3.72. The Morgan fingerprint density at radius 3 is 2.50 bits per heavy atom. The van der Waals surface area contributed by atoms with Gasteiger partial charge in [-0.2, -0.15) is 5.10 Å². The van der Waals surface area contributed by atoms with Crippen molar-refractivity contribution in [1.82, 2.24) is 34.1 Å². The highest BCUT2D eigenvalue weighted by Crippen LogP contribution is 2.39. The molecule has 5 aromatic rings. The van der Waals surface area contributed by atoms with Gasteiger partial charge in [-0.15, -0.1) is 0 Å². The Morgan fingerprint density at radius 2 is 1.79 bits per heavy atom. The van der Waals surface area contributed by atoms with Gasteiger partial charge in [-0.05, 0) is 101 Å². The van der Waals surface area contributed by atoms with Crippen LogP contribution < -0.4 is 16.3 Å². The number of nitrogens with zero attached hydrogens (tertiary/aromatic N) is 6. The molecule has 2 aromatic carbocycles. The molecule has 13 nitrogen and oxygen atoms in total. The molecule has 3 aliphatic rings. The van der Waals surface area contributed by atoms with Crippen molar-refractivity contribution in [2.24, 2.45) is 13.0 Å². The number of anilines is 1. The van der Waals surface area contributed by atoms with Gasteiger partial charge in [-0.3, -0.25) is 33.5 Å². The molecule has 0 bridgehead atoms. The smallest absolute Gasteiger partial charge is 0.329 e. The van der Waals surface area contributed by atoms with Crippen molar-refractivity contribution in [3.05, 3.63) is 87.7 Å². The molecule has 1 unspecified atom stereocenters. The molecular weight excluding hydrogens is 754 g/mol. The first-order valence-electron chi connectivity index (χ1n) is 19.9. The van der Waals surface area contributed by atoms with Crippen molar-refractivity contribution in [3.63, 3.8) is 0 Å². The number of nitrogens with one attached hydrogen (secondary N) is 2. The zero-order valence-electron chi connectivity index (χ0n) is 32.6. The van der Waals surface area contributed by atoms with Gasteiger partial charge in [0.1, 0.15) is 23.6 Å². The number of imidazole rings is 1. The van der Waals surface area contributed by atoms with Crippen molar-refractivity contribution < 1.29 is 32.7 Å². The van der Waals surface area contributed by atoms with Crippen LogP contribution in [0.15, 0.2) is 59.5 Å². The van der Waals surface area contributed by atoms with E-state index in [1.807, 2.05) is 16.9 Å². The summed E-state index contributed by atoms with van der Waals surface area (Å²) in [6, 6.07) is 12.1. The standard InChI is InChI=1S/C42H47F3N8O5/c1-42(2,58)28-19-32-24(18-33(28)47-39(55)31-8-5-7-30(46-31)38(44)45)21-52(49-32)25-12-10-23(11-13-25)20-51-17-16-26(29(43)22-51)27-6-4-9-34-37(27)50(3)41(57)53(34)35-14-15-36(54)48-40(35)56/h4-9,18-19,21,23,25-26,29,35,38,58H,10-17,20,22H2,1-3H3,(H,47,55)(H,48,54,56)/t23-,25-,26-,29+,35?/m0/s1. The fourth-order valence-corrected chi connectivity index (χ4v) is 9.21. The molecule has 5 heterocycles. The summed E-state index contributed by atoms with van der Waals surface area (Å²) in [4.78, 5) is 57.0. The molecule has 3 N–H and O–H groups in total. The molecule has 306 valence electrons. The number of fused-ring (bicyclic) bond motifs is 2. The number of hydrogen-bond donors (Lipinski definition) is 3. The summed E-state index contributed by atoms with van der Waals surface area (Å²) in [6.07, 6.45) is 2.55. The number of para-hydroxylation sites is 1. The van der Waals surface area contributed by atoms with Gasteiger partial charge < -0.3 is 15.3 Å². The fraction of sp³-hybridized carbons (Fsp3) is 0.476. The molecular formula is C42H47F3N8O5. The van der Waals surface area contributed by atoms with Crippen LogP contribution in [0.1, 0.15) is 111 Å². The lowest BCUT2D eigenvalue weighted by atomic mass is 9.83. The number of aromatic nitrogens is 5. The lowest BCUT2D eigenvalue weighted by molar-refractivity contribution is -0.135. The summed E-state index contributed by atoms with van der Waals surface area (Å²) in [5.74, 6) is -1.56. The number of carbonyl (C=O) groups is 3. The number of piperidine rings is 2. The minimum Gasteiger partial charge on any atom is -0.386 e. The van der Waals surface area contributed by atoms with Crippen molar-refractivity contribution in [3.8, 4) is 0 Å². The molecule has 1 aliphatic carbocycles. The summed E-state index contributed by atoms with van der Waals surface area (Å²) in [7, 11) is 1.65. The van der Waals surface area contributed by atoms with E-state index in [1.165, 1.54) is 21.3 Å². The van der Waals surface area contributed by atoms with Crippen molar-refractivity contribution >= 4 is 45.3 Å². The third-order valence-corrected chi connectivity index (χ3v) is 12.2. The maximum Gasteiger partial charge on any atom is 0.329 e. The van der Waals surface area contributed by atoms with Crippen molar-refractivity contribution in [1.29, 1.82) is 0 Å². The van der Waals surface area contributed by atoms with Gasteiger partial charge in [0.2, 0.25) is 11.8 Å². The highest BCUT2D eigenvalue weighted by atomic mass is 19.3. The van der Waals surface area contributed by atoms with Gasteiger partial charge in [-0.1, -0.05) is 18.2 Å². The van der Waals surface area contributed by atoms with Crippen LogP contribution >= 0.6 is 0 Å². The van der Waals surface area contributed by atoms with E-state index >= 15 is 4.39 Å². The Hall–Kier alpha value is -5.35. The third-order valence-electron chi connectivity index (χ3n) is 12.2. The number of amides is 3. The molecule has 2 aliphatic heterocycles. The normalized spacial score (nSPS) is 23.5. The monoisotopic (exact) mass is 800 g/mol. The van der Waals surface area contributed by atoms with Crippen LogP contribution in [0.5, 0.6) is 0 Å². The molecule has 8 rings (SSSR count). The number of carbonyl (C=O) groups excluding carboxylic acids is 3. The average molecular weight is 801 g/mol. The van der Waals surface area contributed by atoms with E-state index in [0.717, 1.165) is 49.2 Å². The molecule has 0 spiro atoms. The Kier molecular flexibility index (Phi) is 10.5. The number of aliphatic hydroxyl groups is 1. The fourth-order valence-electron chi connectivity index (χ4n) is 9.21. The first-order valence-corrected chi connectivity index (χ1v) is 19.9. The number of rotatable bonds is 9. The molecule has 16 heteroatoms. The van der Waals surface area contributed by atoms with Crippen LogP contribution in [-0.2, 0) is 22.2 Å². The predicted octanol–water partition coefficient (Wildman–Crippen LogP) is 6.04. The van der Waals surface area contributed by atoms with Gasteiger partial charge in [-0.25, -0.2) is 22.9 Å². The Labute approximate surface area is 332 Å². The van der Waals surface area contributed by atoms with Crippen molar-refractivity contribution in [2.75, 3.05) is 25.0 Å². The minimum atomic E-state index is -2.82. The Bertz CT molecular complexity index is 2460. The first kappa shape index (κ1) is 39.5. The van der Waals surface area contributed by atoms with Crippen molar-refractivity contribution in [2.45, 2.75) is 95.0 Å². The van der Waals surface area contributed by atoms with Crippen LogP contribution in [0.2, 0.25) is 0 Å². The second kappa shape index (κ2) is 15.4. The zero-order chi connectivity index (χ0) is 41.0. The maximum absolute atomic E-state index is 16.2. The summed E-state index contributed by atoms with van der Waals surface area (Å²) in [5.41, 5.74) is 0.962. The number of aryl methyl sites for hydroxylation is 1. The summed E-state index contributed by atoms with van der Waals surface area (Å²) < 4.78 is 47.5. The molecule has 3 amide bonds. The minimum absolute atomic E-state index is 0.132. The summed E-state index contributed by atoms with van der Waals surface area (Å²) >= 11 is 0. The largest absolute Gasteiger partial charge is 0.386 e. The summed E-state index contributed by atoms with van der Waals surface area (Å²) in [6.45, 7) is 4.97. The van der Waals surface area contributed by atoms with Gasteiger partial charge in [0.25, 0.3) is 12.3 Å². The highest BCUT2D eigenvalue weighted by molar-refractivity contribution is 6.04. The van der Waals surface area contributed by atoms with E-state index in [9.17, 15) is 33.1 Å². The molecule has 3 atom stereocenters. The van der Waals surface area contributed by atoms with E-state index in [4.69, 9.17) is 5.10 Å². The van der Waals surface area contributed by atoms with Gasteiger partial charge in [0.15, 0.2) is 0 Å². The topological polar surface area (TPSA) is 156 Å². The van der Waals surface area contributed by atoms with Gasteiger partial charge >= 0.3 is 5.69 Å². The second-order valence-electron chi connectivity index (χ2n) is 16.6. The van der Waals surface area contributed by atoms with E-state index in [-0.39, 0.29) is 42.7 Å². The Balaban J connectivity index is 0.911. The molecule has 1 saturated carbocycles. The molecule has 0 radical (unpaired) electrons. The van der Waals surface area contributed by atoms with Crippen LogP contribution in [0, 0.1) is 5.92 Å². The van der Waals surface area contributed by atoms with Crippen LogP contribution in [-0.4, -0.2) is 77.4 Å². The van der Waals surface area contributed by atoms with E-state index in [1.54, 1.807) is 45.2 Å². The maximum atomic E-state index is 16.2.